The highest BCUT2D eigenvalue weighted by atomic mass is 32.2. The normalized spacial score (nSPS) is 24.1. The van der Waals surface area contributed by atoms with Gasteiger partial charge in [-0.2, -0.15) is 0 Å². The standard InChI is InChI=1S/C5H8N2O2S/c8-3-1-2-4-5(9)6-7-10-4/h4,8H,1-3H2. The molecule has 0 aromatic heterocycles. The van der Waals surface area contributed by atoms with E-state index in [0.29, 0.717) is 12.8 Å². The molecule has 0 bridgehead atoms. The topological polar surface area (TPSA) is 62.0 Å². The van der Waals surface area contributed by atoms with E-state index in [-0.39, 0.29) is 17.8 Å². The minimum absolute atomic E-state index is 0.129. The number of hydrogen-bond donors (Lipinski definition) is 1. The van der Waals surface area contributed by atoms with Gasteiger partial charge in [-0.3, -0.25) is 4.79 Å². The largest absolute Gasteiger partial charge is 0.396 e. The Morgan fingerprint density at radius 1 is 1.70 bits per heavy atom. The van der Waals surface area contributed by atoms with Crippen LogP contribution in [0.3, 0.4) is 0 Å². The zero-order chi connectivity index (χ0) is 7.40. The van der Waals surface area contributed by atoms with Crippen LogP contribution in [0.2, 0.25) is 0 Å². The fraction of sp³-hybridized carbons (Fsp3) is 0.800. The van der Waals surface area contributed by atoms with Crippen LogP contribution < -0.4 is 0 Å². The average molecular weight is 160 g/mol. The second-order valence-corrected chi connectivity index (χ2v) is 2.92. The van der Waals surface area contributed by atoms with Crippen molar-refractivity contribution in [2.45, 2.75) is 18.1 Å². The number of carbonyl (C=O) groups excluding carboxylic acids is 1. The van der Waals surface area contributed by atoms with Crippen LogP contribution in [-0.2, 0) is 4.79 Å². The highest BCUT2D eigenvalue weighted by Crippen LogP contribution is 2.25. The molecule has 1 amide bonds. The van der Waals surface area contributed by atoms with Crippen molar-refractivity contribution in [1.29, 1.82) is 0 Å². The molecule has 0 saturated carbocycles. The summed E-state index contributed by atoms with van der Waals surface area (Å²) >= 11 is 1.19. The molecule has 56 valence electrons. The first-order valence-electron chi connectivity index (χ1n) is 3.06. The van der Waals surface area contributed by atoms with E-state index in [4.69, 9.17) is 5.11 Å². The van der Waals surface area contributed by atoms with Gasteiger partial charge in [-0.1, -0.05) is 0 Å². The maximum atomic E-state index is 10.7. The SMILES string of the molecule is O=C1N=NSC1CCCO. The molecule has 0 aromatic carbocycles. The van der Waals surface area contributed by atoms with E-state index >= 15 is 0 Å². The Hall–Kier alpha value is -0.420. The summed E-state index contributed by atoms with van der Waals surface area (Å²) in [5, 5.41) is 11.6. The molecule has 4 nitrogen and oxygen atoms in total. The Morgan fingerprint density at radius 2 is 2.50 bits per heavy atom. The van der Waals surface area contributed by atoms with Gasteiger partial charge in [-0.15, -0.1) is 9.63 Å². The third-order valence-electron chi connectivity index (χ3n) is 1.21. The minimum Gasteiger partial charge on any atom is -0.396 e. The molecular weight excluding hydrogens is 152 g/mol. The fourth-order valence-electron chi connectivity index (χ4n) is 0.683. The lowest BCUT2D eigenvalue weighted by molar-refractivity contribution is -0.117. The van der Waals surface area contributed by atoms with Crippen molar-refractivity contribution in [1.82, 2.24) is 0 Å². The summed E-state index contributed by atoms with van der Waals surface area (Å²) in [7, 11) is 0. The van der Waals surface area contributed by atoms with Gasteiger partial charge in [-0.25, -0.2) is 0 Å². The van der Waals surface area contributed by atoms with Gasteiger partial charge in [0.15, 0.2) is 0 Å². The summed E-state index contributed by atoms with van der Waals surface area (Å²) in [6.45, 7) is 0.129. The second kappa shape index (κ2) is 3.68. The van der Waals surface area contributed by atoms with Gasteiger partial charge in [0.25, 0.3) is 5.91 Å². The second-order valence-electron chi connectivity index (χ2n) is 1.98. The molecule has 5 heteroatoms. The quantitative estimate of drug-likeness (QED) is 0.620. The van der Waals surface area contributed by atoms with Crippen molar-refractivity contribution < 1.29 is 9.90 Å². The Morgan fingerprint density at radius 3 is 3.00 bits per heavy atom. The lowest BCUT2D eigenvalue weighted by atomic mass is 10.2. The molecular formula is C5H8N2O2S. The van der Waals surface area contributed by atoms with Crippen LogP contribution in [0, 0.1) is 0 Å². The highest BCUT2D eigenvalue weighted by Gasteiger charge is 2.23. The van der Waals surface area contributed by atoms with Crippen molar-refractivity contribution in [2.75, 3.05) is 6.61 Å². The monoisotopic (exact) mass is 160 g/mol. The van der Waals surface area contributed by atoms with Crippen LogP contribution in [0.15, 0.2) is 9.63 Å². The first-order chi connectivity index (χ1) is 4.84. The van der Waals surface area contributed by atoms with Crippen molar-refractivity contribution in [3.63, 3.8) is 0 Å². The zero-order valence-corrected chi connectivity index (χ0v) is 6.17. The number of amides is 1. The zero-order valence-electron chi connectivity index (χ0n) is 5.36. The van der Waals surface area contributed by atoms with E-state index in [0.717, 1.165) is 0 Å². The van der Waals surface area contributed by atoms with Gasteiger partial charge in [-0.05, 0) is 12.8 Å². The first-order valence-corrected chi connectivity index (χ1v) is 3.90. The Labute approximate surface area is 62.9 Å². The van der Waals surface area contributed by atoms with E-state index in [1.165, 1.54) is 11.9 Å². The first kappa shape index (κ1) is 7.68. The Balaban J connectivity index is 2.24. The van der Waals surface area contributed by atoms with Crippen LogP contribution in [-0.4, -0.2) is 22.9 Å². The molecule has 1 rings (SSSR count). The summed E-state index contributed by atoms with van der Waals surface area (Å²) < 4.78 is 3.51. The molecule has 1 N–H and O–H groups in total. The molecule has 1 unspecified atom stereocenters. The number of hydrogen-bond acceptors (Lipinski definition) is 4. The van der Waals surface area contributed by atoms with Gasteiger partial charge in [0, 0.05) is 18.6 Å². The van der Waals surface area contributed by atoms with Crippen molar-refractivity contribution in [3.05, 3.63) is 0 Å². The molecule has 0 spiro atoms. The molecule has 1 aliphatic rings. The maximum absolute atomic E-state index is 10.7. The van der Waals surface area contributed by atoms with E-state index in [1.54, 1.807) is 0 Å². The van der Waals surface area contributed by atoms with E-state index < -0.39 is 0 Å². The molecule has 10 heavy (non-hydrogen) atoms. The van der Waals surface area contributed by atoms with Crippen molar-refractivity contribution >= 4 is 17.9 Å². The lowest BCUT2D eigenvalue weighted by Gasteiger charge is -1.99. The average Bonchev–Trinajstić information content (AvgIpc) is 2.31. The van der Waals surface area contributed by atoms with Gasteiger partial charge < -0.3 is 5.11 Å². The smallest absolute Gasteiger partial charge is 0.280 e. The van der Waals surface area contributed by atoms with Crippen molar-refractivity contribution in [2.24, 2.45) is 9.63 Å². The highest BCUT2D eigenvalue weighted by molar-refractivity contribution is 7.99. The lowest BCUT2D eigenvalue weighted by Crippen LogP contribution is -2.10. The minimum atomic E-state index is -0.168. The number of nitrogens with zero attached hydrogens (tertiary/aromatic N) is 2. The molecule has 1 atom stereocenters. The van der Waals surface area contributed by atoms with Crippen molar-refractivity contribution in [3.8, 4) is 0 Å². The summed E-state index contributed by atoms with van der Waals surface area (Å²) in [4.78, 5) is 10.7. The summed E-state index contributed by atoms with van der Waals surface area (Å²) in [6, 6.07) is 0. The summed E-state index contributed by atoms with van der Waals surface area (Å²) in [5.74, 6) is -0.168. The maximum Gasteiger partial charge on any atom is 0.280 e. The van der Waals surface area contributed by atoms with Crippen LogP contribution in [0.4, 0.5) is 0 Å². The number of aliphatic hydroxyl groups is 1. The van der Waals surface area contributed by atoms with Crippen LogP contribution in [0.1, 0.15) is 12.8 Å². The van der Waals surface area contributed by atoms with E-state index in [1.807, 2.05) is 0 Å². The van der Waals surface area contributed by atoms with Gasteiger partial charge in [0.1, 0.15) is 5.25 Å². The molecule has 0 saturated heterocycles. The number of aliphatic hydroxyl groups excluding tert-OH is 1. The molecule has 0 aromatic rings. The molecule has 0 aliphatic carbocycles. The molecule has 1 aliphatic heterocycles. The van der Waals surface area contributed by atoms with Crippen LogP contribution >= 0.6 is 11.9 Å². The predicted octanol–water partition coefficient (Wildman–Crippen LogP) is 0.768. The molecule has 0 radical (unpaired) electrons. The fourth-order valence-corrected chi connectivity index (χ4v) is 1.33. The summed E-state index contributed by atoms with van der Waals surface area (Å²) in [6.07, 6.45) is 1.32. The molecule has 0 fully saturated rings. The van der Waals surface area contributed by atoms with E-state index in [9.17, 15) is 4.79 Å². The van der Waals surface area contributed by atoms with Crippen LogP contribution in [0.25, 0.3) is 0 Å². The van der Waals surface area contributed by atoms with Gasteiger partial charge >= 0.3 is 0 Å². The Kier molecular flexibility index (Phi) is 2.82. The number of rotatable bonds is 3. The third kappa shape index (κ3) is 1.78. The molecule has 1 heterocycles. The van der Waals surface area contributed by atoms with Crippen LogP contribution in [0.5, 0.6) is 0 Å². The van der Waals surface area contributed by atoms with E-state index in [2.05, 4.69) is 9.63 Å². The number of carbonyl (C=O) groups is 1. The Bertz CT molecular complexity index is 160. The van der Waals surface area contributed by atoms with Gasteiger partial charge in [0.2, 0.25) is 0 Å². The predicted molar refractivity (Wildman–Crippen MR) is 37.6 cm³/mol. The third-order valence-corrected chi connectivity index (χ3v) is 2.08. The van der Waals surface area contributed by atoms with Gasteiger partial charge in [0.05, 0.1) is 0 Å². The summed E-state index contributed by atoms with van der Waals surface area (Å²) in [5.41, 5.74) is 0.